The van der Waals surface area contributed by atoms with E-state index in [1.54, 1.807) is 0 Å². The number of halogens is 1. The largest absolute Gasteiger partial charge is 0.494 e. The Hall–Kier alpha value is -1.81. The Morgan fingerprint density at radius 3 is 2.61 bits per heavy atom. The van der Waals surface area contributed by atoms with Crippen molar-refractivity contribution in [3.05, 3.63) is 58.1 Å². The van der Waals surface area contributed by atoms with Gasteiger partial charge in [-0.05, 0) is 78.0 Å². The number of carbonyl (C=O) groups is 1. The van der Waals surface area contributed by atoms with Gasteiger partial charge in [0.1, 0.15) is 5.75 Å². The number of nitrogens with one attached hydrogen (secondary N) is 1. The number of amides is 1. The van der Waals surface area contributed by atoms with Crippen molar-refractivity contribution >= 4 is 27.5 Å². The van der Waals surface area contributed by atoms with Crippen LogP contribution in [-0.4, -0.2) is 12.5 Å². The molecule has 0 bridgehead atoms. The summed E-state index contributed by atoms with van der Waals surface area (Å²) in [4.78, 5) is 12.0. The van der Waals surface area contributed by atoms with Crippen LogP contribution < -0.4 is 10.1 Å². The molecule has 0 aliphatic rings. The molecule has 23 heavy (non-hydrogen) atoms. The lowest BCUT2D eigenvalue weighted by Crippen LogP contribution is -2.12. The topological polar surface area (TPSA) is 38.3 Å². The zero-order valence-electron chi connectivity index (χ0n) is 13.6. The Kier molecular flexibility index (Phi) is 6.66. The van der Waals surface area contributed by atoms with E-state index in [0.29, 0.717) is 13.0 Å². The third-order valence-corrected chi connectivity index (χ3v) is 4.11. The van der Waals surface area contributed by atoms with Gasteiger partial charge in [0.2, 0.25) is 5.91 Å². The monoisotopic (exact) mass is 375 g/mol. The zero-order valence-corrected chi connectivity index (χ0v) is 15.2. The quantitative estimate of drug-likeness (QED) is 0.670. The number of hydrogen-bond donors (Lipinski definition) is 1. The molecule has 0 fully saturated rings. The molecule has 1 amide bonds. The van der Waals surface area contributed by atoms with Crippen molar-refractivity contribution in [1.82, 2.24) is 0 Å². The van der Waals surface area contributed by atoms with Gasteiger partial charge in [0.05, 0.1) is 12.3 Å². The Bertz CT molecular complexity index is 670. The molecule has 1 N–H and O–H groups in total. The third kappa shape index (κ3) is 6.06. The standard InChI is InChI=1S/C19H22BrNO2/c1-14-6-5-7-16(12-14)23-11-4-3-8-19(22)21-18-10-9-15(2)13-17(18)20/h5-7,9-10,12-13H,3-4,8,11H2,1-2H3,(H,21,22). The van der Waals surface area contributed by atoms with Crippen LogP contribution in [0.1, 0.15) is 30.4 Å². The number of rotatable bonds is 7. The summed E-state index contributed by atoms with van der Waals surface area (Å²) in [6, 6.07) is 13.9. The summed E-state index contributed by atoms with van der Waals surface area (Å²) in [5, 5.41) is 2.93. The lowest BCUT2D eigenvalue weighted by Gasteiger charge is -2.09. The van der Waals surface area contributed by atoms with Crippen molar-refractivity contribution in [3.63, 3.8) is 0 Å². The van der Waals surface area contributed by atoms with Crippen LogP contribution in [0.5, 0.6) is 5.75 Å². The molecule has 3 nitrogen and oxygen atoms in total. The minimum Gasteiger partial charge on any atom is -0.494 e. The molecular weight excluding hydrogens is 354 g/mol. The fourth-order valence-corrected chi connectivity index (χ4v) is 2.81. The molecule has 0 aliphatic heterocycles. The van der Waals surface area contributed by atoms with Gasteiger partial charge in [-0.1, -0.05) is 18.2 Å². The van der Waals surface area contributed by atoms with Crippen LogP contribution >= 0.6 is 15.9 Å². The van der Waals surface area contributed by atoms with Gasteiger partial charge >= 0.3 is 0 Å². The van der Waals surface area contributed by atoms with Crippen molar-refractivity contribution < 1.29 is 9.53 Å². The maximum Gasteiger partial charge on any atom is 0.224 e. The molecule has 0 atom stereocenters. The number of hydrogen-bond acceptors (Lipinski definition) is 2. The normalized spacial score (nSPS) is 10.4. The number of anilines is 1. The summed E-state index contributed by atoms with van der Waals surface area (Å²) in [6.07, 6.45) is 2.16. The molecule has 0 aliphatic carbocycles. The number of carbonyl (C=O) groups excluding carboxylic acids is 1. The summed E-state index contributed by atoms with van der Waals surface area (Å²) in [7, 11) is 0. The highest BCUT2D eigenvalue weighted by molar-refractivity contribution is 9.10. The van der Waals surface area contributed by atoms with E-state index in [1.165, 1.54) is 5.56 Å². The highest BCUT2D eigenvalue weighted by Crippen LogP contribution is 2.23. The zero-order chi connectivity index (χ0) is 16.7. The Morgan fingerprint density at radius 1 is 1.09 bits per heavy atom. The first kappa shape index (κ1) is 17.5. The summed E-state index contributed by atoms with van der Waals surface area (Å²) in [6.45, 7) is 4.69. The number of unbranched alkanes of at least 4 members (excludes halogenated alkanes) is 1. The SMILES string of the molecule is Cc1cccc(OCCCCC(=O)Nc2ccc(C)cc2Br)c1. The van der Waals surface area contributed by atoms with Crippen LogP contribution in [-0.2, 0) is 4.79 Å². The average Bonchev–Trinajstić information content (AvgIpc) is 2.50. The summed E-state index contributed by atoms with van der Waals surface area (Å²) in [5.74, 6) is 0.920. The van der Waals surface area contributed by atoms with Gasteiger partial charge in [0.25, 0.3) is 0 Å². The van der Waals surface area contributed by atoms with Crippen molar-refractivity contribution in [2.24, 2.45) is 0 Å². The highest BCUT2D eigenvalue weighted by atomic mass is 79.9. The van der Waals surface area contributed by atoms with Gasteiger partial charge in [0.15, 0.2) is 0 Å². The number of benzene rings is 2. The van der Waals surface area contributed by atoms with Crippen LogP contribution in [0.2, 0.25) is 0 Å². The molecule has 0 radical (unpaired) electrons. The number of aryl methyl sites for hydroxylation is 2. The maximum absolute atomic E-state index is 12.0. The van der Waals surface area contributed by atoms with E-state index in [1.807, 2.05) is 56.3 Å². The van der Waals surface area contributed by atoms with Gasteiger partial charge in [-0.15, -0.1) is 0 Å². The molecule has 0 heterocycles. The second-order valence-corrected chi connectivity index (χ2v) is 6.51. The molecule has 2 rings (SSSR count). The highest BCUT2D eigenvalue weighted by Gasteiger charge is 2.05. The minimum absolute atomic E-state index is 0.0325. The van der Waals surface area contributed by atoms with E-state index in [4.69, 9.17) is 4.74 Å². The van der Waals surface area contributed by atoms with E-state index in [-0.39, 0.29) is 5.91 Å². The molecule has 2 aromatic carbocycles. The first-order valence-corrected chi connectivity index (χ1v) is 8.59. The van der Waals surface area contributed by atoms with Gasteiger partial charge in [0, 0.05) is 10.9 Å². The minimum atomic E-state index is 0.0325. The molecule has 0 saturated heterocycles. The van der Waals surface area contributed by atoms with E-state index >= 15 is 0 Å². The fourth-order valence-electron chi connectivity index (χ4n) is 2.22. The molecule has 122 valence electrons. The van der Waals surface area contributed by atoms with E-state index in [0.717, 1.165) is 34.3 Å². The molecule has 0 saturated carbocycles. The van der Waals surface area contributed by atoms with Crippen molar-refractivity contribution in [3.8, 4) is 5.75 Å². The van der Waals surface area contributed by atoms with E-state index in [9.17, 15) is 4.79 Å². The first-order chi connectivity index (χ1) is 11.0. The lowest BCUT2D eigenvalue weighted by atomic mass is 10.2. The van der Waals surface area contributed by atoms with Crippen LogP contribution in [0.4, 0.5) is 5.69 Å². The summed E-state index contributed by atoms with van der Waals surface area (Å²) in [5.41, 5.74) is 3.16. The second-order valence-electron chi connectivity index (χ2n) is 5.65. The second kappa shape index (κ2) is 8.73. The Morgan fingerprint density at radius 2 is 1.87 bits per heavy atom. The molecule has 4 heteroatoms. The molecule has 2 aromatic rings. The predicted octanol–water partition coefficient (Wildman–Crippen LogP) is 5.25. The van der Waals surface area contributed by atoms with Gasteiger partial charge in [-0.3, -0.25) is 4.79 Å². The van der Waals surface area contributed by atoms with E-state index < -0.39 is 0 Å². The molecule has 0 aromatic heterocycles. The Balaban J connectivity index is 1.67. The maximum atomic E-state index is 12.0. The molecule has 0 spiro atoms. The Labute approximate surface area is 146 Å². The van der Waals surface area contributed by atoms with Crippen LogP contribution in [0.15, 0.2) is 46.9 Å². The van der Waals surface area contributed by atoms with Crippen molar-refractivity contribution in [1.29, 1.82) is 0 Å². The van der Waals surface area contributed by atoms with Crippen LogP contribution in [0.3, 0.4) is 0 Å². The van der Waals surface area contributed by atoms with Gasteiger partial charge in [-0.2, -0.15) is 0 Å². The van der Waals surface area contributed by atoms with Crippen LogP contribution in [0.25, 0.3) is 0 Å². The first-order valence-electron chi connectivity index (χ1n) is 7.80. The predicted molar refractivity (Wildman–Crippen MR) is 98.0 cm³/mol. The summed E-state index contributed by atoms with van der Waals surface area (Å²) >= 11 is 3.47. The smallest absolute Gasteiger partial charge is 0.224 e. The average molecular weight is 376 g/mol. The lowest BCUT2D eigenvalue weighted by molar-refractivity contribution is -0.116. The van der Waals surface area contributed by atoms with Gasteiger partial charge < -0.3 is 10.1 Å². The third-order valence-electron chi connectivity index (χ3n) is 3.46. The van der Waals surface area contributed by atoms with E-state index in [2.05, 4.69) is 21.2 Å². The number of ether oxygens (including phenoxy) is 1. The fraction of sp³-hybridized carbons (Fsp3) is 0.316. The van der Waals surface area contributed by atoms with Crippen molar-refractivity contribution in [2.45, 2.75) is 33.1 Å². The van der Waals surface area contributed by atoms with Crippen molar-refractivity contribution in [2.75, 3.05) is 11.9 Å². The summed E-state index contributed by atoms with van der Waals surface area (Å²) < 4.78 is 6.59. The van der Waals surface area contributed by atoms with Crippen LogP contribution in [0, 0.1) is 13.8 Å². The molecular formula is C19H22BrNO2. The molecule has 0 unspecified atom stereocenters. The van der Waals surface area contributed by atoms with Gasteiger partial charge in [-0.25, -0.2) is 0 Å².